The molecule has 0 saturated carbocycles. The van der Waals surface area contributed by atoms with Gasteiger partial charge >= 0.3 is 0 Å². The highest BCUT2D eigenvalue weighted by molar-refractivity contribution is 6.07. The minimum Gasteiger partial charge on any atom is -0.497 e. The van der Waals surface area contributed by atoms with Crippen molar-refractivity contribution in [3.05, 3.63) is 83.8 Å². The van der Waals surface area contributed by atoms with E-state index in [4.69, 9.17) is 9.15 Å². The number of benzene rings is 2. The molecule has 0 spiro atoms. The van der Waals surface area contributed by atoms with Crippen molar-refractivity contribution < 1.29 is 18.7 Å². The smallest absolute Gasteiger partial charge is 0.291 e. The number of nitrogens with zero attached hydrogens (tertiary/aromatic N) is 1. The Bertz CT molecular complexity index is 1040. The lowest BCUT2D eigenvalue weighted by Gasteiger charge is -2.28. The molecule has 7 heteroatoms. The van der Waals surface area contributed by atoms with Crippen molar-refractivity contribution in [3.63, 3.8) is 0 Å². The first-order valence-corrected chi connectivity index (χ1v) is 10.8. The number of ether oxygens (including phenoxy) is 1. The molecule has 0 radical (unpaired) electrons. The van der Waals surface area contributed by atoms with Gasteiger partial charge in [-0.1, -0.05) is 24.3 Å². The van der Waals surface area contributed by atoms with Gasteiger partial charge in [-0.25, -0.2) is 0 Å². The van der Waals surface area contributed by atoms with E-state index in [1.54, 1.807) is 43.5 Å². The molecule has 1 aromatic heterocycles. The second-order valence-electron chi connectivity index (χ2n) is 7.72. The molecule has 1 aliphatic rings. The zero-order valence-corrected chi connectivity index (χ0v) is 18.0. The molecule has 1 fully saturated rings. The molecule has 1 saturated heterocycles. The van der Waals surface area contributed by atoms with Gasteiger partial charge in [0.2, 0.25) is 0 Å². The van der Waals surface area contributed by atoms with Gasteiger partial charge in [0.1, 0.15) is 5.75 Å². The van der Waals surface area contributed by atoms with Crippen LogP contribution >= 0.6 is 0 Å². The quantitative estimate of drug-likeness (QED) is 0.559. The van der Waals surface area contributed by atoms with Gasteiger partial charge in [-0.3, -0.25) is 14.5 Å². The number of hydrogen-bond acceptors (Lipinski definition) is 5. The maximum atomic E-state index is 13.1. The number of hydrogen-bond donors (Lipinski definition) is 2. The molecule has 7 nitrogen and oxygen atoms in total. The summed E-state index contributed by atoms with van der Waals surface area (Å²) in [5.41, 5.74) is 1.98. The van der Waals surface area contributed by atoms with Crippen LogP contribution in [0.15, 0.2) is 71.3 Å². The van der Waals surface area contributed by atoms with Crippen LogP contribution in [0, 0.1) is 0 Å². The van der Waals surface area contributed by atoms with Crippen molar-refractivity contribution in [2.45, 2.75) is 18.9 Å². The highest BCUT2D eigenvalue weighted by atomic mass is 16.5. The lowest BCUT2D eigenvalue weighted by Crippen LogP contribution is -2.37. The highest BCUT2D eigenvalue weighted by Gasteiger charge is 2.25. The number of likely N-dealkylation sites (tertiary alicyclic amines) is 1. The van der Waals surface area contributed by atoms with E-state index in [2.05, 4.69) is 15.5 Å². The number of furan rings is 1. The summed E-state index contributed by atoms with van der Waals surface area (Å²) in [4.78, 5) is 27.8. The van der Waals surface area contributed by atoms with E-state index in [-0.39, 0.29) is 17.7 Å². The first-order valence-electron chi connectivity index (χ1n) is 10.8. The van der Waals surface area contributed by atoms with Crippen molar-refractivity contribution in [2.24, 2.45) is 0 Å². The average Bonchev–Trinajstić information content (AvgIpc) is 3.55. The van der Waals surface area contributed by atoms with Crippen molar-refractivity contribution in [3.8, 4) is 5.75 Å². The molecule has 0 bridgehead atoms. The molecular formula is C25H27N3O4. The molecular weight excluding hydrogens is 406 g/mol. The zero-order chi connectivity index (χ0) is 22.3. The topological polar surface area (TPSA) is 83.8 Å². The Hall–Kier alpha value is -3.58. The number of amides is 2. The largest absolute Gasteiger partial charge is 0.497 e. The third-order valence-electron chi connectivity index (χ3n) is 5.70. The number of nitrogens with one attached hydrogen (secondary N) is 2. The van der Waals surface area contributed by atoms with E-state index < -0.39 is 5.91 Å². The fraction of sp³-hybridized carbons (Fsp3) is 0.280. The second-order valence-corrected chi connectivity index (χ2v) is 7.72. The summed E-state index contributed by atoms with van der Waals surface area (Å²) in [5.74, 6) is 0.356. The Morgan fingerprint density at radius 2 is 1.75 bits per heavy atom. The lowest BCUT2D eigenvalue weighted by atomic mass is 10.0. The van der Waals surface area contributed by atoms with Crippen molar-refractivity contribution in [1.82, 2.24) is 10.2 Å². The van der Waals surface area contributed by atoms with Crippen LogP contribution in [0.3, 0.4) is 0 Å². The van der Waals surface area contributed by atoms with Gasteiger partial charge in [0.25, 0.3) is 11.8 Å². The normalized spacial score (nSPS) is 14.7. The molecule has 2 aromatic carbocycles. The maximum absolute atomic E-state index is 13.1. The van der Waals surface area contributed by atoms with Crippen LogP contribution in [0.5, 0.6) is 5.75 Å². The molecule has 0 unspecified atom stereocenters. The van der Waals surface area contributed by atoms with Crippen LogP contribution in [0.25, 0.3) is 0 Å². The van der Waals surface area contributed by atoms with Gasteiger partial charge in [-0.05, 0) is 67.9 Å². The standard InChI is InChI=1S/C25H27N3O4/c1-31-19-12-10-18(11-13-19)22(28-14-4-5-15-28)17-26-24(29)20-7-2-3-8-21(20)27-25(30)23-9-6-16-32-23/h2-3,6-13,16,22H,4-5,14-15,17H2,1H3,(H,26,29)(H,27,30)/t22-/m1/s1. The molecule has 2 heterocycles. The fourth-order valence-corrected chi connectivity index (χ4v) is 4.00. The molecule has 3 aromatic rings. The van der Waals surface area contributed by atoms with Gasteiger partial charge in [0, 0.05) is 6.54 Å². The van der Waals surface area contributed by atoms with E-state index in [0.29, 0.717) is 17.8 Å². The van der Waals surface area contributed by atoms with E-state index in [1.807, 2.05) is 24.3 Å². The lowest BCUT2D eigenvalue weighted by molar-refractivity contribution is 0.0938. The fourth-order valence-electron chi connectivity index (χ4n) is 4.00. The van der Waals surface area contributed by atoms with E-state index in [9.17, 15) is 9.59 Å². The molecule has 32 heavy (non-hydrogen) atoms. The summed E-state index contributed by atoms with van der Waals surface area (Å²) >= 11 is 0. The number of carbonyl (C=O) groups excluding carboxylic acids is 2. The van der Waals surface area contributed by atoms with E-state index in [0.717, 1.165) is 37.2 Å². The van der Waals surface area contributed by atoms with Crippen LogP contribution in [0.4, 0.5) is 5.69 Å². The van der Waals surface area contributed by atoms with Crippen LogP contribution in [-0.4, -0.2) is 43.5 Å². The van der Waals surface area contributed by atoms with E-state index >= 15 is 0 Å². The number of para-hydroxylation sites is 1. The van der Waals surface area contributed by atoms with Crippen molar-refractivity contribution in [1.29, 1.82) is 0 Å². The third-order valence-corrected chi connectivity index (χ3v) is 5.70. The predicted octanol–water partition coefficient (Wildman–Crippen LogP) is 4.11. The van der Waals surface area contributed by atoms with Crippen molar-refractivity contribution in [2.75, 3.05) is 32.1 Å². The molecule has 2 amide bonds. The van der Waals surface area contributed by atoms with Gasteiger partial charge in [0.15, 0.2) is 5.76 Å². The van der Waals surface area contributed by atoms with Gasteiger partial charge in [-0.15, -0.1) is 0 Å². The molecule has 0 aliphatic carbocycles. The number of methoxy groups -OCH3 is 1. The summed E-state index contributed by atoms with van der Waals surface area (Å²) in [5, 5.41) is 5.83. The average molecular weight is 434 g/mol. The van der Waals surface area contributed by atoms with Crippen LogP contribution in [0.2, 0.25) is 0 Å². The summed E-state index contributed by atoms with van der Waals surface area (Å²) in [6.45, 7) is 2.47. The highest BCUT2D eigenvalue weighted by Crippen LogP contribution is 2.26. The van der Waals surface area contributed by atoms with Crippen LogP contribution in [-0.2, 0) is 0 Å². The van der Waals surface area contributed by atoms with Crippen LogP contribution in [0.1, 0.15) is 45.4 Å². The van der Waals surface area contributed by atoms with Gasteiger partial charge < -0.3 is 19.8 Å². The maximum Gasteiger partial charge on any atom is 0.291 e. The summed E-state index contributed by atoms with van der Waals surface area (Å²) in [6, 6.07) is 18.2. The predicted molar refractivity (Wildman–Crippen MR) is 122 cm³/mol. The summed E-state index contributed by atoms with van der Waals surface area (Å²) in [6.07, 6.45) is 3.75. The van der Waals surface area contributed by atoms with E-state index in [1.165, 1.54) is 6.26 Å². The van der Waals surface area contributed by atoms with Gasteiger partial charge in [-0.2, -0.15) is 0 Å². The first-order chi connectivity index (χ1) is 15.7. The zero-order valence-electron chi connectivity index (χ0n) is 18.0. The molecule has 166 valence electrons. The minimum atomic E-state index is -0.400. The molecule has 1 aliphatic heterocycles. The first kappa shape index (κ1) is 21.6. The number of rotatable bonds is 8. The van der Waals surface area contributed by atoms with Crippen LogP contribution < -0.4 is 15.4 Å². The Kier molecular flexibility index (Phi) is 6.87. The minimum absolute atomic E-state index is 0.0669. The monoisotopic (exact) mass is 433 g/mol. The van der Waals surface area contributed by atoms with Crippen molar-refractivity contribution >= 4 is 17.5 Å². The third kappa shape index (κ3) is 5.00. The molecule has 1 atom stereocenters. The number of anilines is 1. The summed E-state index contributed by atoms with van der Waals surface area (Å²) in [7, 11) is 1.65. The Labute approximate surface area is 187 Å². The molecule has 4 rings (SSSR count). The number of carbonyl (C=O) groups is 2. The second kappa shape index (κ2) is 10.2. The Morgan fingerprint density at radius 1 is 1.00 bits per heavy atom. The Balaban J connectivity index is 1.48. The SMILES string of the molecule is COc1ccc([C@@H](CNC(=O)c2ccccc2NC(=O)c2ccco2)N2CCCC2)cc1. The van der Waals surface area contributed by atoms with Gasteiger partial charge in [0.05, 0.1) is 30.7 Å². The Morgan fingerprint density at radius 3 is 2.44 bits per heavy atom. The summed E-state index contributed by atoms with van der Waals surface area (Å²) < 4.78 is 10.4. The molecule has 2 N–H and O–H groups in total.